The first-order chi connectivity index (χ1) is 13.9. The lowest BCUT2D eigenvalue weighted by Gasteiger charge is -2.61. The van der Waals surface area contributed by atoms with Crippen LogP contribution in [0, 0.1) is 31.0 Å². The molecule has 2 aromatic rings. The Kier molecular flexibility index (Phi) is 4.41. The Morgan fingerprint density at radius 3 is 2.59 bits per heavy atom. The van der Waals surface area contributed by atoms with Gasteiger partial charge >= 0.3 is 0 Å². The summed E-state index contributed by atoms with van der Waals surface area (Å²) in [4.78, 5) is 15.0. The maximum atomic E-state index is 13.3. The minimum Gasteiger partial charge on any atom is -0.367 e. The van der Waals surface area contributed by atoms with Crippen molar-refractivity contribution in [1.82, 2.24) is 0 Å². The van der Waals surface area contributed by atoms with Gasteiger partial charge in [-0.25, -0.2) is 4.39 Å². The van der Waals surface area contributed by atoms with Crippen LogP contribution >= 0.6 is 0 Å². The lowest BCUT2D eigenvalue weighted by Crippen LogP contribution is -2.53. The van der Waals surface area contributed by atoms with Crippen molar-refractivity contribution >= 4 is 17.3 Å². The van der Waals surface area contributed by atoms with Gasteiger partial charge in [0.25, 0.3) is 0 Å². The first-order valence-electron chi connectivity index (χ1n) is 10.8. The van der Waals surface area contributed by atoms with Crippen LogP contribution in [0.2, 0.25) is 0 Å². The molecule has 4 heteroatoms. The van der Waals surface area contributed by atoms with Crippen molar-refractivity contribution in [2.75, 3.05) is 16.8 Å². The summed E-state index contributed by atoms with van der Waals surface area (Å²) < 4.78 is 13.3. The lowest BCUT2D eigenvalue weighted by atomic mass is 9.43. The third-order valence-corrected chi connectivity index (χ3v) is 7.37. The number of amides is 1. The van der Waals surface area contributed by atoms with Crippen LogP contribution in [0.1, 0.15) is 54.4 Å². The normalized spacial score (nSPS) is 24.8. The van der Waals surface area contributed by atoms with Gasteiger partial charge in [0.2, 0.25) is 5.91 Å². The topological polar surface area (TPSA) is 32.3 Å². The number of aryl methyl sites for hydroxylation is 1. The fourth-order valence-electron chi connectivity index (χ4n) is 5.79. The van der Waals surface area contributed by atoms with Gasteiger partial charge in [-0.3, -0.25) is 4.79 Å². The number of carbonyl (C=O) groups is 1. The van der Waals surface area contributed by atoms with Crippen molar-refractivity contribution in [3.8, 4) is 0 Å². The van der Waals surface area contributed by atoms with E-state index in [4.69, 9.17) is 0 Å². The van der Waals surface area contributed by atoms with E-state index in [-0.39, 0.29) is 11.7 Å². The molecular weight excluding hydrogens is 363 g/mol. The van der Waals surface area contributed by atoms with Crippen molar-refractivity contribution in [1.29, 1.82) is 0 Å². The fraction of sp³-hybridized carbons (Fsp3) is 0.480. The van der Waals surface area contributed by atoms with Crippen LogP contribution in [-0.4, -0.2) is 12.5 Å². The third-order valence-electron chi connectivity index (χ3n) is 7.37. The second kappa shape index (κ2) is 6.86. The SMILES string of the molecule is Cc1cc2c(c(C)c1NC(=O)CC13CC(C1)C3)CCCN(c1ccc(F)cc1)C2. The molecule has 3 aliphatic carbocycles. The molecule has 6 rings (SSSR count). The van der Waals surface area contributed by atoms with Crippen LogP contribution in [0.25, 0.3) is 0 Å². The number of hydrogen-bond acceptors (Lipinski definition) is 2. The molecule has 0 spiro atoms. The molecule has 0 radical (unpaired) electrons. The minimum absolute atomic E-state index is 0.177. The van der Waals surface area contributed by atoms with Crippen LogP contribution in [-0.2, 0) is 17.8 Å². The van der Waals surface area contributed by atoms with Crippen molar-refractivity contribution in [3.05, 3.63) is 58.4 Å². The molecule has 0 aromatic heterocycles. The molecule has 29 heavy (non-hydrogen) atoms. The maximum absolute atomic E-state index is 13.3. The number of rotatable bonds is 4. The average Bonchev–Trinajstić information content (AvgIpc) is 2.84. The summed E-state index contributed by atoms with van der Waals surface area (Å²) in [7, 11) is 0. The number of anilines is 2. The largest absolute Gasteiger partial charge is 0.367 e. The van der Waals surface area contributed by atoms with Crippen LogP contribution < -0.4 is 10.2 Å². The number of carbonyl (C=O) groups excluding carboxylic acids is 1. The van der Waals surface area contributed by atoms with Crippen LogP contribution in [0.3, 0.4) is 0 Å². The van der Waals surface area contributed by atoms with Gasteiger partial charge in [-0.2, -0.15) is 0 Å². The Hall–Kier alpha value is -2.36. The summed E-state index contributed by atoms with van der Waals surface area (Å²) in [6, 6.07) is 9.02. The predicted molar refractivity (Wildman–Crippen MR) is 115 cm³/mol. The molecule has 3 saturated carbocycles. The molecule has 3 fully saturated rings. The number of hydrogen-bond donors (Lipinski definition) is 1. The Morgan fingerprint density at radius 1 is 1.21 bits per heavy atom. The van der Waals surface area contributed by atoms with E-state index in [0.717, 1.165) is 48.8 Å². The zero-order chi connectivity index (χ0) is 20.2. The van der Waals surface area contributed by atoms with Gasteiger partial charge in [0.1, 0.15) is 5.82 Å². The second-order valence-corrected chi connectivity index (χ2v) is 9.54. The Balaban J connectivity index is 1.37. The van der Waals surface area contributed by atoms with Gasteiger partial charge in [-0.15, -0.1) is 0 Å². The lowest BCUT2D eigenvalue weighted by molar-refractivity contribution is -0.139. The van der Waals surface area contributed by atoms with Gasteiger partial charge in [0.05, 0.1) is 0 Å². The van der Waals surface area contributed by atoms with E-state index in [2.05, 4.69) is 30.1 Å². The molecule has 0 saturated heterocycles. The summed E-state index contributed by atoms with van der Waals surface area (Å²) in [5.74, 6) is 0.883. The zero-order valence-electron chi connectivity index (χ0n) is 17.4. The van der Waals surface area contributed by atoms with E-state index in [0.29, 0.717) is 11.8 Å². The summed E-state index contributed by atoms with van der Waals surface area (Å²) >= 11 is 0. The van der Waals surface area contributed by atoms with Crippen molar-refractivity contribution in [2.45, 2.75) is 58.9 Å². The molecular formula is C25H29FN2O. The zero-order valence-corrected chi connectivity index (χ0v) is 17.4. The van der Waals surface area contributed by atoms with Gasteiger partial charge in [0, 0.05) is 30.9 Å². The number of fused-ring (bicyclic) bond motifs is 1. The first-order valence-corrected chi connectivity index (χ1v) is 10.8. The second-order valence-electron chi connectivity index (χ2n) is 9.54. The Morgan fingerprint density at radius 2 is 1.93 bits per heavy atom. The minimum atomic E-state index is -0.199. The van der Waals surface area contributed by atoms with Gasteiger partial charge < -0.3 is 10.2 Å². The molecule has 3 nitrogen and oxygen atoms in total. The molecule has 0 unspecified atom stereocenters. The molecule has 152 valence electrons. The molecule has 1 N–H and O–H groups in total. The smallest absolute Gasteiger partial charge is 0.224 e. The third kappa shape index (κ3) is 3.33. The van der Waals surface area contributed by atoms with Gasteiger partial charge in [-0.1, -0.05) is 6.07 Å². The summed E-state index contributed by atoms with van der Waals surface area (Å²) in [5.41, 5.74) is 7.43. The number of nitrogens with one attached hydrogen (secondary N) is 1. The van der Waals surface area contributed by atoms with Crippen molar-refractivity contribution in [3.63, 3.8) is 0 Å². The maximum Gasteiger partial charge on any atom is 0.224 e. The summed E-state index contributed by atoms with van der Waals surface area (Å²) in [6.07, 6.45) is 6.49. The molecule has 4 aliphatic rings. The van der Waals surface area contributed by atoms with E-state index in [1.807, 2.05) is 12.1 Å². The van der Waals surface area contributed by atoms with Crippen molar-refractivity contribution in [2.24, 2.45) is 11.3 Å². The standard InChI is InChI=1S/C25H29FN2O/c1-16-10-19-15-28(21-7-5-20(26)6-8-21)9-3-4-22(19)17(2)24(16)27-23(29)14-25-11-18(12-25)13-25/h5-8,10,18H,3-4,9,11-15H2,1-2H3,(H,27,29). The first kappa shape index (κ1) is 18.7. The quantitative estimate of drug-likeness (QED) is 0.743. The van der Waals surface area contributed by atoms with Crippen molar-refractivity contribution < 1.29 is 9.18 Å². The van der Waals surface area contributed by atoms with Crippen LogP contribution in [0.5, 0.6) is 0 Å². The van der Waals surface area contributed by atoms with Crippen LogP contribution in [0.15, 0.2) is 30.3 Å². The predicted octanol–water partition coefficient (Wildman–Crippen LogP) is 5.52. The van der Waals surface area contributed by atoms with Gasteiger partial charge in [0.15, 0.2) is 0 Å². The number of benzene rings is 2. The van der Waals surface area contributed by atoms with Gasteiger partial charge in [-0.05, 0) is 104 Å². The molecule has 1 amide bonds. The molecule has 2 aromatic carbocycles. The van der Waals surface area contributed by atoms with E-state index in [1.165, 1.54) is 48.1 Å². The van der Waals surface area contributed by atoms with Crippen LogP contribution in [0.4, 0.5) is 15.8 Å². The summed E-state index contributed by atoms with van der Waals surface area (Å²) in [5, 5.41) is 3.25. The van der Waals surface area contributed by atoms with E-state index >= 15 is 0 Å². The highest BCUT2D eigenvalue weighted by Gasteiger charge is 2.56. The van der Waals surface area contributed by atoms with E-state index in [1.54, 1.807) is 0 Å². The molecule has 0 atom stereocenters. The fourth-order valence-corrected chi connectivity index (χ4v) is 5.79. The number of nitrogens with zero attached hydrogens (tertiary/aromatic N) is 1. The Bertz CT molecular complexity index is 949. The van der Waals surface area contributed by atoms with E-state index < -0.39 is 0 Å². The Labute approximate surface area is 172 Å². The summed E-state index contributed by atoms with van der Waals surface area (Å²) in [6.45, 7) is 6.01. The molecule has 2 bridgehead atoms. The molecule has 1 heterocycles. The highest BCUT2D eigenvalue weighted by Crippen LogP contribution is 2.66. The number of halogens is 1. The van der Waals surface area contributed by atoms with E-state index in [9.17, 15) is 9.18 Å². The monoisotopic (exact) mass is 392 g/mol. The highest BCUT2D eigenvalue weighted by molar-refractivity contribution is 5.93. The molecule has 1 aliphatic heterocycles. The highest BCUT2D eigenvalue weighted by atomic mass is 19.1. The average molecular weight is 393 g/mol.